The molecule has 2 aliphatic rings. The van der Waals surface area contributed by atoms with Crippen LogP contribution in [0.5, 0.6) is 5.75 Å². The highest BCUT2D eigenvalue weighted by Crippen LogP contribution is 2.56. The Hall–Kier alpha value is -2.55. The Labute approximate surface area is 201 Å². The van der Waals surface area contributed by atoms with E-state index in [0.717, 1.165) is 10.1 Å². The van der Waals surface area contributed by atoms with Crippen molar-refractivity contribution in [3.63, 3.8) is 0 Å². The lowest BCUT2D eigenvalue weighted by atomic mass is 10.1. The molecule has 0 radical (unpaired) electrons. The lowest BCUT2D eigenvalue weighted by Crippen LogP contribution is -2.31. The molecule has 1 fully saturated rings. The van der Waals surface area contributed by atoms with Crippen LogP contribution in [0.4, 0.5) is 0 Å². The van der Waals surface area contributed by atoms with E-state index in [1.165, 1.54) is 16.2 Å². The summed E-state index contributed by atoms with van der Waals surface area (Å²) in [4.78, 5) is 26.8. The van der Waals surface area contributed by atoms with Gasteiger partial charge in [0.1, 0.15) is 5.75 Å². The molecule has 0 spiro atoms. The minimum absolute atomic E-state index is 0.00942. The molecule has 10 heteroatoms. The number of thiophene rings is 1. The molecule has 34 heavy (non-hydrogen) atoms. The Balaban J connectivity index is 1.20. The number of fused-ring (bicyclic) bond motifs is 2. The number of imide groups is 1. The quantitative estimate of drug-likeness (QED) is 0.255. The van der Waals surface area contributed by atoms with Gasteiger partial charge in [0.15, 0.2) is 5.85 Å². The van der Waals surface area contributed by atoms with Gasteiger partial charge in [-0.2, -0.15) is 0 Å². The van der Waals surface area contributed by atoms with Gasteiger partial charge < -0.3 is 9.84 Å². The SMILES string of the molecule is C[C@@H]1NP(=O)(C(O)c2cc3cc(OCCCN4C(=O)c5ccccc5C4=O)ccc3s2)N[C@H]1C. The maximum absolute atomic E-state index is 13.1. The molecule has 5 rings (SSSR count). The summed E-state index contributed by atoms with van der Waals surface area (Å²) in [6, 6.07) is 14.3. The van der Waals surface area contributed by atoms with Crippen LogP contribution in [0.25, 0.3) is 10.1 Å². The minimum atomic E-state index is -3.15. The highest BCUT2D eigenvalue weighted by atomic mass is 32.1. The number of rotatable bonds is 7. The number of aliphatic hydroxyl groups is 1. The molecular weight excluding hydrogens is 473 g/mol. The Morgan fingerprint density at radius 1 is 1.06 bits per heavy atom. The fourth-order valence-corrected chi connectivity index (χ4v) is 8.27. The van der Waals surface area contributed by atoms with Crippen LogP contribution in [-0.4, -0.2) is 47.1 Å². The average molecular weight is 500 g/mol. The highest BCUT2D eigenvalue weighted by Gasteiger charge is 2.43. The number of carbonyl (C=O) groups is 2. The fraction of sp³-hybridized carbons (Fsp3) is 0.333. The number of hydrogen-bond donors (Lipinski definition) is 3. The van der Waals surface area contributed by atoms with E-state index in [1.807, 2.05) is 38.1 Å². The lowest BCUT2D eigenvalue weighted by molar-refractivity contribution is 0.0646. The number of amides is 2. The number of carbonyl (C=O) groups excluding carboxylic acids is 2. The Bertz CT molecular complexity index is 1280. The van der Waals surface area contributed by atoms with Gasteiger partial charge in [0, 0.05) is 28.2 Å². The predicted octanol–water partition coefficient (Wildman–Crippen LogP) is 4.12. The van der Waals surface area contributed by atoms with Crippen LogP contribution in [0.1, 0.15) is 51.7 Å². The Kier molecular flexibility index (Phi) is 6.08. The van der Waals surface area contributed by atoms with Crippen molar-refractivity contribution in [2.24, 2.45) is 0 Å². The van der Waals surface area contributed by atoms with Crippen molar-refractivity contribution >= 4 is 40.7 Å². The van der Waals surface area contributed by atoms with Crippen LogP contribution in [-0.2, 0) is 4.57 Å². The van der Waals surface area contributed by atoms with Crippen LogP contribution < -0.4 is 14.9 Å². The van der Waals surface area contributed by atoms with Crippen LogP contribution in [0.15, 0.2) is 48.5 Å². The maximum atomic E-state index is 13.1. The van der Waals surface area contributed by atoms with Crippen molar-refractivity contribution in [3.05, 3.63) is 64.5 Å². The number of hydrogen-bond acceptors (Lipinski definition) is 6. The van der Waals surface area contributed by atoms with Gasteiger partial charge in [-0.15, -0.1) is 11.3 Å². The normalized spacial score (nSPS) is 22.4. The monoisotopic (exact) mass is 499 g/mol. The van der Waals surface area contributed by atoms with Crippen LogP contribution in [0.2, 0.25) is 0 Å². The van der Waals surface area contributed by atoms with E-state index >= 15 is 0 Å². The first-order valence-electron chi connectivity index (χ1n) is 11.2. The second-order valence-corrected chi connectivity index (χ2v) is 12.2. The number of nitrogens with zero attached hydrogens (tertiary/aromatic N) is 1. The molecule has 0 saturated carbocycles. The number of benzene rings is 2. The van der Waals surface area contributed by atoms with Crippen molar-refractivity contribution in [1.82, 2.24) is 15.1 Å². The maximum Gasteiger partial charge on any atom is 0.261 e. The molecule has 3 aromatic rings. The Morgan fingerprint density at radius 2 is 1.71 bits per heavy atom. The van der Waals surface area contributed by atoms with E-state index < -0.39 is 13.3 Å². The summed E-state index contributed by atoms with van der Waals surface area (Å²) in [5, 5.41) is 17.8. The summed E-state index contributed by atoms with van der Waals surface area (Å²) in [6.07, 6.45) is 0.508. The van der Waals surface area contributed by atoms with Gasteiger partial charge in [-0.1, -0.05) is 12.1 Å². The summed E-state index contributed by atoms with van der Waals surface area (Å²) < 4.78 is 19.9. The van der Waals surface area contributed by atoms with Crippen LogP contribution in [0.3, 0.4) is 0 Å². The van der Waals surface area contributed by atoms with Crippen molar-refractivity contribution in [1.29, 1.82) is 0 Å². The van der Waals surface area contributed by atoms with E-state index in [0.29, 0.717) is 34.8 Å². The summed E-state index contributed by atoms with van der Waals surface area (Å²) in [5.41, 5.74) is 0.895. The van der Waals surface area contributed by atoms with Gasteiger partial charge in [0.2, 0.25) is 7.44 Å². The third-order valence-corrected chi connectivity index (χ3v) is 10.2. The second kappa shape index (κ2) is 8.91. The van der Waals surface area contributed by atoms with Gasteiger partial charge in [-0.05, 0) is 62.1 Å². The van der Waals surface area contributed by atoms with Gasteiger partial charge in [-0.3, -0.25) is 19.1 Å². The number of aliphatic hydroxyl groups excluding tert-OH is 1. The zero-order valence-electron chi connectivity index (χ0n) is 18.9. The molecular formula is C24H26N3O5PS. The molecule has 8 nitrogen and oxygen atoms in total. The smallest absolute Gasteiger partial charge is 0.261 e. The highest BCUT2D eigenvalue weighted by molar-refractivity contribution is 7.60. The van der Waals surface area contributed by atoms with Crippen molar-refractivity contribution < 1.29 is 24.0 Å². The first kappa shape index (κ1) is 23.2. The molecule has 178 valence electrons. The third kappa shape index (κ3) is 4.08. The zero-order valence-corrected chi connectivity index (χ0v) is 20.6. The van der Waals surface area contributed by atoms with Crippen molar-refractivity contribution in [2.45, 2.75) is 38.2 Å². The minimum Gasteiger partial charge on any atom is -0.494 e. The largest absolute Gasteiger partial charge is 0.494 e. The number of nitrogens with one attached hydrogen (secondary N) is 2. The summed E-state index contributed by atoms with van der Waals surface area (Å²) in [7, 11) is -3.15. The van der Waals surface area contributed by atoms with E-state index in [1.54, 1.807) is 24.3 Å². The van der Waals surface area contributed by atoms with E-state index in [2.05, 4.69) is 10.2 Å². The first-order valence-corrected chi connectivity index (χ1v) is 13.8. The first-order chi connectivity index (χ1) is 16.3. The van der Waals surface area contributed by atoms with Gasteiger partial charge >= 0.3 is 0 Å². The van der Waals surface area contributed by atoms with E-state index in [9.17, 15) is 19.3 Å². The van der Waals surface area contributed by atoms with Gasteiger partial charge in [0.25, 0.3) is 11.8 Å². The van der Waals surface area contributed by atoms with Crippen LogP contribution >= 0.6 is 18.8 Å². The molecule has 2 amide bonds. The summed E-state index contributed by atoms with van der Waals surface area (Å²) in [6.45, 7) is 4.51. The predicted molar refractivity (Wildman–Crippen MR) is 132 cm³/mol. The molecule has 2 aliphatic heterocycles. The zero-order chi connectivity index (χ0) is 24.0. The average Bonchev–Trinajstić information content (AvgIpc) is 3.44. The molecule has 2 aromatic carbocycles. The lowest BCUT2D eigenvalue weighted by Gasteiger charge is -2.18. The molecule has 3 atom stereocenters. The molecule has 3 heterocycles. The molecule has 1 aromatic heterocycles. The summed E-state index contributed by atoms with van der Waals surface area (Å²) in [5.74, 6) is -0.998. The number of ether oxygens (including phenoxy) is 1. The molecule has 0 aliphatic carbocycles. The second-order valence-electron chi connectivity index (χ2n) is 8.73. The van der Waals surface area contributed by atoms with Crippen molar-refractivity contribution in [2.75, 3.05) is 13.2 Å². The fourth-order valence-electron chi connectivity index (χ4n) is 4.30. The molecule has 1 saturated heterocycles. The van der Waals surface area contributed by atoms with Crippen molar-refractivity contribution in [3.8, 4) is 5.75 Å². The molecule has 3 N–H and O–H groups in total. The summed E-state index contributed by atoms with van der Waals surface area (Å²) >= 11 is 1.40. The third-order valence-electron chi connectivity index (χ3n) is 6.32. The molecule has 0 bridgehead atoms. The van der Waals surface area contributed by atoms with Crippen LogP contribution in [0, 0.1) is 0 Å². The standard InChI is InChI=1S/C24H26N3O5PS/c1-14-15(2)26-33(31,25-14)24(30)21-13-16-12-17(8-9-20(16)34-21)32-11-5-10-27-22(28)18-6-3-4-7-19(18)23(27)29/h3-4,6-9,12-15,24,30H,5,10-11H2,1-2H3,(H2,25,26,31)/t14-,15-,24?/m0/s1. The Morgan fingerprint density at radius 3 is 2.35 bits per heavy atom. The molecule has 1 unspecified atom stereocenters. The van der Waals surface area contributed by atoms with E-state index in [-0.39, 0.29) is 30.4 Å². The van der Waals surface area contributed by atoms with Gasteiger partial charge in [-0.25, -0.2) is 10.2 Å². The van der Waals surface area contributed by atoms with Gasteiger partial charge in [0.05, 0.1) is 17.7 Å². The van der Waals surface area contributed by atoms with E-state index in [4.69, 9.17) is 4.74 Å². The topological polar surface area (TPSA) is 108 Å².